The third-order valence-corrected chi connectivity index (χ3v) is 4.61. The lowest BCUT2D eigenvalue weighted by molar-refractivity contribution is -0.117. The summed E-state index contributed by atoms with van der Waals surface area (Å²) in [7, 11) is 0. The first-order chi connectivity index (χ1) is 12.0. The first-order valence-electron chi connectivity index (χ1n) is 7.71. The molecule has 0 radical (unpaired) electrons. The monoisotopic (exact) mass is 374 g/mol. The molecule has 2 aromatic carbocycles. The van der Waals surface area contributed by atoms with Gasteiger partial charge in [-0.15, -0.1) is 11.6 Å². The lowest BCUT2D eigenvalue weighted by Gasteiger charge is -2.27. The van der Waals surface area contributed by atoms with Gasteiger partial charge in [0.05, 0.1) is 5.71 Å². The van der Waals surface area contributed by atoms with Crippen molar-refractivity contribution in [1.29, 1.82) is 0 Å². The number of alkyl halides is 1. The summed E-state index contributed by atoms with van der Waals surface area (Å²) < 4.78 is 0. The molecule has 2 atom stereocenters. The molecule has 0 aromatic heterocycles. The van der Waals surface area contributed by atoms with Crippen molar-refractivity contribution >= 4 is 40.5 Å². The number of aliphatic imine (C=N–C) groups is 1. The van der Waals surface area contributed by atoms with E-state index < -0.39 is 11.0 Å². The number of carbonyl (C=O) groups is 1. The Hall–Kier alpha value is -2.14. The van der Waals surface area contributed by atoms with Gasteiger partial charge in [-0.05, 0) is 35.9 Å². The zero-order valence-electron chi connectivity index (χ0n) is 13.2. The minimum Gasteiger partial charge on any atom is -0.382 e. The van der Waals surface area contributed by atoms with E-state index in [-0.39, 0.29) is 12.3 Å². The Bertz CT molecular complexity index is 819. The molecule has 2 unspecified atom stereocenters. The molecular formula is C19H16Cl2N2O2. The molecule has 0 fully saturated rings. The van der Waals surface area contributed by atoms with Gasteiger partial charge in [-0.1, -0.05) is 41.9 Å². The van der Waals surface area contributed by atoms with E-state index in [1.54, 1.807) is 36.4 Å². The molecule has 3 rings (SSSR count). The zero-order chi connectivity index (χ0) is 17.9. The maximum atomic E-state index is 12.6. The summed E-state index contributed by atoms with van der Waals surface area (Å²) in [5, 5.41) is 13.9. The van der Waals surface area contributed by atoms with Crippen molar-refractivity contribution in [2.75, 3.05) is 5.32 Å². The fraction of sp³-hybridized carbons (Fsp3) is 0.158. The quantitative estimate of drug-likeness (QED) is 0.781. The van der Waals surface area contributed by atoms with E-state index in [9.17, 15) is 9.90 Å². The summed E-state index contributed by atoms with van der Waals surface area (Å²) in [5.74, 6) is -0.368. The summed E-state index contributed by atoms with van der Waals surface area (Å²) in [6, 6.07) is 15.9. The predicted molar refractivity (Wildman–Crippen MR) is 101 cm³/mol. The smallest absolute Gasteiger partial charge is 0.249 e. The van der Waals surface area contributed by atoms with Crippen molar-refractivity contribution in [3.63, 3.8) is 0 Å². The van der Waals surface area contributed by atoms with Gasteiger partial charge in [0, 0.05) is 23.3 Å². The molecule has 128 valence electrons. The van der Waals surface area contributed by atoms with Gasteiger partial charge in [-0.2, -0.15) is 0 Å². The number of carbonyl (C=O) groups excluding carboxylic acids is 1. The van der Waals surface area contributed by atoms with Crippen molar-refractivity contribution in [2.24, 2.45) is 4.99 Å². The number of nitrogens with zero attached hydrogens (tertiary/aromatic N) is 1. The summed E-state index contributed by atoms with van der Waals surface area (Å²) in [4.78, 5) is 15.5. The first-order valence-corrected chi connectivity index (χ1v) is 8.47. The normalized spacial score (nSPS) is 20.7. The average Bonchev–Trinajstić information content (AvgIpc) is 2.62. The number of anilines is 1. The topological polar surface area (TPSA) is 61.7 Å². The molecular weight excluding hydrogens is 359 g/mol. The van der Waals surface area contributed by atoms with Crippen molar-refractivity contribution in [3.05, 3.63) is 77.5 Å². The number of para-hydroxylation sites is 1. The van der Waals surface area contributed by atoms with Crippen LogP contribution in [0.3, 0.4) is 0 Å². The van der Waals surface area contributed by atoms with Crippen molar-refractivity contribution < 1.29 is 9.90 Å². The largest absolute Gasteiger partial charge is 0.382 e. The Labute approximate surface area is 155 Å². The average molecular weight is 375 g/mol. The van der Waals surface area contributed by atoms with Crippen LogP contribution in [0.4, 0.5) is 5.69 Å². The van der Waals surface area contributed by atoms with Crippen LogP contribution in [-0.4, -0.2) is 21.6 Å². The van der Waals surface area contributed by atoms with E-state index in [1.807, 2.05) is 18.2 Å². The van der Waals surface area contributed by atoms with Gasteiger partial charge < -0.3 is 10.4 Å². The standard InChI is InChI=1S/C19H16Cl2N2O2/c20-14-8-6-13(7-9-14)17(24)16-12-19(21,10-11-22-16)18(25)23-15-4-2-1-3-5-15/h1-11,17,24H,12H2,(H,23,25). The molecule has 1 heterocycles. The van der Waals surface area contributed by atoms with Crippen LogP contribution in [0.2, 0.25) is 5.02 Å². The van der Waals surface area contributed by atoms with E-state index in [1.165, 1.54) is 12.3 Å². The van der Waals surface area contributed by atoms with Crippen LogP contribution in [0.25, 0.3) is 0 Å². The Morgan fingerprint density at radius 1 is 1.16 bits per heavy atom. The second-order valence-electron chi connectivity index (χ2n) is 5.75. The van der Waals surface area contributed by atoms with Gasteiger partial charge in [0.15, 0.2) is 0 Å². The third kappa shape index (κ3) is 4.10. The van der Waals surface area contributed by atoms with Gasteiger partial charge in [0.1, 0.15) is 11.0 Å². The summed E-state index contributed by atoms with van der Waals surface area (Å²) in [6.07, 6.45) is 2.14. The molecule has 25 heavy (non-hydrogen) atoms. The summed E-state index contributed by atoms with van der Waals surface area (Å²) >= 11 is 12.4. The highest BCUT2D eigenvalue weighted by Gasteiger charge is 2.38. The predicted octanol–water partition coefficient (Wildman–Crippen LogP) is 4.35. The first kappa shape index (κ1) is 17.7. The van der Waals surface area contributed by atoms with Crippen LogP contribution >= 0.6 is 23.2 Å². The fourth-order valence-corrected chi connectivity index (χ4v) is 2.90. The molecule has 2 aromatic rings. The lowest BCUT2D eigenvalue weighted by atomic mass is 9.92. The highest BCUT2D eigenvalue weighted by molar-refractivity contribution is 6.39. The van der Waals surface area contributed by atoms with E-state index in [2.05, 4.69) is 10.3 Å². The van der Waals surface area contributed by atoms with Crippen LogP contribution in [-0.2, 0) is 4.79 Å². The minimum absolute atomic E-state index is 0.105. The van der Waals surface area contributed by atoms with Gasteiger partial charge in [0.2, 0.25) is 5.91 Å². The van der Waals surface area contributed by atoms with Gasteiger partial charge in [-0.3, -0.25) is 9.79 Å². The molecule has 4 nitrogen and oxygen atoms in total. The highest BCUT2D eigenvalue weighted by Crippen LogP contribution is 2.32. The molecule has 1 amide bonds. The van der Waals surface area contributed by atoms with E-state index in [0.29, 0.717) is 22.0 Å². The fourth-order valence-electron chi connectivity index (χ4n) is 2.54. The van der Waals surface area contributed by atoms with Crippen LogP contribution in [0.1, 0.15) is 18.1 Å². The van der Waals surface area contributed by atoms with E-state index >= 15 is 0 Å². The maximum absolute atomic E-state index is 12.6. The van der Waals surface area contributed by atoms with Crippen molar-refractivity contribution in [1.82, 2.24) is 0 Å². The molecule has 0 saturated carbocycles. The SMILES string of the molecule is O=C(Nc1ccccc1)C1(Cl)C=CN=C(C(O)c2ccc(Cl)cc2)C1. The summed E-state index contributed by atoms with van der Waals surface area (Å²) in [5.41, 5.74) is 1.72. The molecule has 0 aliphatic carbocycles. The second-order valence-corrected chi connectivity index (χ2v) is 6.86. The molecule has 1 aliphatic rings. The van der Waals surface area contributed by atoms with Crippen LogP contribution in [0, 0.1) is 0 Å². The van der Waals surface area contributed by atoms with Crippen LogP contribution in [0.15, 0.2) is 71.9 Å². The number of benzene rings is 2. The zero-order valence-corrected chi connectivity index (χ0v) is 14.7. The second kappa shape index (κ2) is 7.40. The Kier molecular flexibility index (Phi) is 5.23. The third-order valence-electron chi connectivity index (χ3n) is 3.93. The number of amides is 1. The summed E-state index contributed by atoms with van der Waals surface area (Å²) in [6.45, 7) is 0. The Morgan fingerprint density at radius 3 is 2.52 bits per heavy atom. The molecule has 1 aliphatic heterocycles. The number of aliphatic hydroxyl groups is 1. The van der Waals surface area contributed by atoms with Crippen LogP contribution < -0.4 is 5.32 Å². The molecule has 6 heteroatoms. The van der Waals surface area contributed by atoms with Crippen molar-refractivity contribution in [2.45, 2.75) is 17.4 Å². The molecule has 0 saturated heterocycles. The van der Waals surface area contributed by atoms with E-state index in [4.69, 9.17) is 23.2 Å². The number of aliphatic hydroxyl groups excluding tert-OH is 1. The number of halogens is 2. The number of nitrogens with one attached hydrogen (secondary N) is 1. The number of rotatable bonds is 4. The Balaban J connectivity index is 1.75. The Morgan fingerprint density at radius 2 is 1.84 bits per heavy atom. The maximum Gasteiger partial charge on any atom is 0.249 e. The minimum atomic E-state index is -1.31. The van der Waals surface area contributed by atoms with E-state index in [0.717, 1.165) is 0 Å². The molecule has 0 spiro atoms. The van der Waals surface area contributed by atoms with Gasteiger partial charge in [-0.25, -0.2) is 0 Å². The highest BCUT2D eigenvalue weighted by atomic mass is 35.5. The molecule has 2 N–H and O–H groups in total. The van der Waals surface area contributed by atoms with Crippen LogP contribution in [0.5, 0.6) is 0 Å². The lowest BCUT2D eigenvalue weighted by Crippen LogP contribution is -2.40. The van der Waals surface area contributed by atoms with Gasteiger partial charge in [0.25, 0.3) is 0 Å². The number of hydrogen-bond donors (Lipinski definition) is 2. The molecule has 0 bridgehead atoms. The van der Waals surface area contributed by atoms with Crippen molar-refractivity contribution in [3.8, 4) is 0 Å². The number of hydrogen-bond acceptors (Lipinski definition) is 3. The van der Waals surface area contributed by atoms with Gasteiger partial charge >= 0.3 is 0 Å².